The van der Waals surface area contributed by atoms with Crippen LogP contribution in [-0.4, -0.2) is 5.97 Å². The summed E-state index contributed by atoms with van der Waals surface area (Å²) in [5.41, 5.74) is 0. The molecular formula is C7H11O2. The highest BCUT2D eigenvalue weighted by Gasteiger charge is 2.01. The molecule has 51 valence electrons. The second-order valence-electron chi connectivity index (χ2n) is 2.12. The van der Waals surface area contributed by atoms with Crippen LogP contribution in [0.2, 0.25) is 0 Å². The van der Waals surface area contributed by atoms with Crippen LogP contribution in [-0.2, 0) is 9.90 Å². The van der Waals surface area contributed by atoms with Crippen LogP contribution in [0.5, 0.6) is 0 Å². The van der Waals surface area contributed by atoms with Crippen molar-refractivity contribution in [1.29, 1.82) is 0 Å². The van der Waals surface area contributed by atoms with Gasteiger partial charge in [0.2, 0.25) is 0 Å². The minimum atomic E-state index is -0.983. The van der Waals surface area contributed by atoms with Crippen molar-refractivity contribution in [1.82, 2.24) is 0 Å². The first-order valence-corrected chi connectivity index (χ1v) is 2.99. The largest absolute Gasteiger partial charge is 0.355 e. The lowest BCUT2D eigenvalue weighted by atomic mass is 10.1. The minimum absolute atomic E-state index is 0.132. The Bertz CT molecular complexity index is 107. The molecule has 1 unspecified atom stereocenters. The van der Waals surface area contributed by atoms with E-state index in [2.05, 4.69) is 6.58 Å². The van der Waals surface area contributed by atoms with Gasteiger partial charge >= 0.3 is 5.97 Å². The molecule has 0 N–H and O–H groups in total. The Kier molecular flexibility index (Phi) is 3.76. The van der Waals surface area contributed by atoms with Crippen molar-refractivity contribution < 1.29 is 9.90 Å². The monoisotopic (exact) mass is 127 g/mol. The van der Waals surface area contributed by atoms with Gasteiger partial charge in [-0.15, -0.1) is 6.58 Å². The van der Waals surface area contributed by atoms with Crippen molar-refractivity contribution in [3.63, 3.8) is 0 Å². The highest BCUT2D eigenvalue weighted by Crippen LogP contribution is 2.04. The molecule has 0 saturated heterocycles. The average molecular weight is 127 g/mol. The molecule has 0 heterocycles. The number of carbonyl (C=O) groups is 1. The van der Waals surface area contributed by atoms with E-state index in [0.29, 0.717) is 6.42 Å². The molecule has 0 aromatic heterocycles. The number of rotatable bonds is 4. The van der Waals surface area contributed by atoms with E-state index in [4.69, 9.17) is 0 Å². The maximum absolute atomic E-state index is 9.87. The maximum Gasteiger partial charge on any atom is 0.355 e. The zero-order valence-electron chi connectivity index (χ0n) is 5.59. The van der Waals surface area contributed by atoms with E-state index in [1.807, 2.05) is 6.92 Å². The lowest BCUT2D eigenvalue weighted by Crippen LogP contribution is -1.96. The van der Waals surface area contributed by atoms with Gasteiger partial charge in [0.25, 0.3) is 0 Å². The third-order valence-electron chi connectivity index (χ3n) is 1.21. The predicted octanol–water partition coefficient (Wildman–Crippen LogP) is 1.55. The van der Waals surface area contributed by atoms with Crippen molar-refractivity contribution in [2.45, 2.75) is 19.8 Å². The van der Waals surface area contributed by atoms with E-state index >= 15 is 0 Å². The second-order valence-corrected chi connectivity index (χ2v) is 2.12. The number of hydrogen-bond donors (Lipinski definition) is 0. The summed E-state index contributed by atoms with van der Waals surface area (Å²) in [5.74, 6) is -0.702. The molecule has 1 atom stereocenters. The molecule has 0 amide bonds. The van der Waals surface area contributed by atoms with Gasteiger partial charge in [-0.25, -0.2) is 9.90 Å². The van der Waals surface area contributed by atoms with Crippen molar-refractivity contribution in [3.8, 4) is 0 Å². The fourth-order valence-corrected chi connectivity index (χ4v) is 0.463. The Morgan fingerprint density at radius 2 is 2.33 bits per heavy atom. The van der Waals surface area contributed by atoms with Crippen LogP contribution < -0.4 is 0 Å². The van der Waals surface area contributed by atoms with Gasteiger partial charge in [-0.2, -0.15) is 0 Å². The quantitative estimate of drug-likeness (QED) is 0.528. The van der Waals surface area contributed by atoms with Crippen LogP contribution in [0.15, 0.2) is 12.7 Å². The third-order valence-corrected chi connectivity index (χ3v) is 1.21. The SMILES string of the molecule is C=CC(C)CCC([O])=O. The molecule has 0 aromatic carbocycles. The van der Waals surface area contributed by atoms with Crippen LogP contribution in [0.3, 0.4) is 0 Å². The third kappa shape index (κ3) is 5.07. The molecule has 0 rings (SSSR count). The highest BCUT2D eigenvalue weighted by molar-refractivity contribution is 5.66. The maximum atomic E-state index is 9.87. The number of allylic oxidation sites excluding steroid dienone is 1. The Morgan fingerprint density at radius 3 is 2.67 bits per heavy atom. The Hall–Kier alpha value is -0.790. The van der Waals surface area contributed by atoms with Gasteiger partial charge in [0.05, 0.1) is 6.42 Å². The van der Waals surface area contributed by atoms with Crippen LogP contribution in [0.4, 0.5) is 0 Å². The summed E-state index contributed by atoms with van der Waals surface area (Å²) in [6.07, 6.45) is 2.50. The van der Waals surface area contributed by atoms with Gasteiger partial charge < -0.3 is 0 Å². The van der Waals surface area contributed by atoms with Gasteiger partial charge in [-0.3, -0.25) is 0 Å². The van der Waals surface area contributed by atoms with Crippen molar-refractivity contribution in [2.24, 2.45) is 5.92 Å². The van der Waals surface area contributed by atoms with Crippen molar-refractivity contribution >= 4 is 5.97 Å². The summed E-state index contributed by atoms with van der Waals surface area (Å²) in [5, 5.41) is 9.87. The summed E-state index contributed by atoms with van der Waals surface area (Å²) in [4.78, 5) is 9.87. The topological polar surface area (TPSA) is 37.0 Å². The summed E-state index contributed by atoms with van der Waals surface area (Å²) in [6, 6.07) is 0. The second kappa shape index (κ2) is 4.13. The average Bonchev–Trinajstić information content (AvgIpc) is 1.83. The summed E-state index contributed by atoms with van der Waals surface area (Å²) >= 11 is 0. The molecule has 1 radical (unpaired) electrons. The first-order chi connectivity index (χ1) is 4.16. The van der Waals surface area contributed by atoms with Gasteiger partial charge in [0.1, 0.15) is 0 Å². The number of hydrogen-bond acceptors (Lipinski definition) is 1. The lowest BCUT2D eigenvalue weighted by Gasteiger charge is -1.98. The molecule has 0 fully saturated rings. The zero-order chi connectivity index (χ0) is 7.28. The Labute approximate surface area is 55.2 Å². The summed E-state index contributed by atoms with van der Waals surface area (Å²) in [6.45, 7) is 5.45. The van der Waals surface area contributed by atoms with Crippen LogP contribution >= 0.6 is 0 Å². The molecule has 2 heteroatoms. The van der Waals surface area contributed by atoms with Gasteiger partial charge in [-0.1, -0.05) is 13.0 Å². The lowest BCUT2D eigenvalue weighted by molar-refractivity contribution is -0.143. The standard InChI is InChI=1S/C7H11O2/c1-3-6(2)4-5-7(8)9/h3,6H,1,4-5H2,2H3. The predicted molar refractivity (Wildman–Crippen MR) is 34.3 cm³/mol. The van der Waals surface area contributed by atoms with E-state index in [1.54, 1.807) is 6.08 Å². The number of carbonyl (C=O) groups excluding carboxylic acids is 1. The molecule has 2 nitrogen and oxygen atoms in total. The summed E-state index contributed by atoms with van der Waals surface area (Å²) < 4.78 is 0. The molecule has 0 aromatic rings. The van der Waals surface area contributed by atoms with Gasteiger partial charge in [0, 0.05) is 0 Å². The Balaban J connectivity index is 3.26. The van der Waals surface area contributed by atoms with Gasteiger partial charge in [-0.05, 0) is 12.3 Å². The highest BCUT2D eigenvalue weighted by atomic mass is 16.4. The molecule has 0 aliphatic heterocycles. The molecule has 9 heavy (non-hydrogen) atoms. The van der Waals surface area contributed by atoms with E-state index in [9.17, 15) is 9.90 Å². The summed E-state index contributed by atoms with van der Waals surface area (Å²) in [7, 11) is 0. The molecule has 0 bridgehead atoms. The zero-order valence-corrected chi connectivity index (χ0v) is 5.59. The fraction of sp³-hybridized carbons (Fsp3) is 0.571. The Morgan fingerprint density at radius 1 is 1.78 bits per heavy atom. The molecule has 0 aliphatic rings. The van der Waals surface area contributed by atoms with Crippen molar-refractivity contribution in [2.75, 3.05) is 0 Å². The molecule has 0 spiro atoms. The van der Waals surface area contributed by atoms with Crippen molar-refractivity contribution in [3.05, 3.63) is 12.7 Å². The van der Waals surface area contributed by atoms with Crippen LogP contribution in [0.1, 0.15) is 19.8 Å². The van der Waals surface area contributed by atoms with E-state index in [0.717, 1.165) is 0 Å². The first-order valence-electron chi connectivity index (χ1n) is 2.99. The van der Waals surface area contributed by atoms with Crippen LogP contribution in [0, 0.1) is 5.92 Å². The van der Waals surface area contributed by atoms with Crippen LogP contribution in [0.25, 0.3) is 0 Å². The first kappa shape index (κ1) is 8.21. The van der Waals surface area contributed by atoms with E-state index in [1.165, 1.54) is 0 Å². The smallest absolute Gasteiger partial charge is 0.247 e. The van der Waals surface area contributed by atoms with Gasteiger partial charge in [0.15, 0.2) is 0 Å². The normalized spacial score (nSPS) is 12.6. The molecule has 0 saturated carbocycles. The molecule has 0 aliphatic carbocycles. The van der Waals surface area contributed by atoms with E-state index in [-0.39, 0.29) is 12.3 Å². The molecular weight excluding hydrogens is 116 g/mol. The van der Waals surface area contributed by atoms with E-state index < -0.39 is 5.97 Å². The minimum Gasteiger partial charge on any atom is -0.247 e. The fourth-order valence-electron chi connectivity index (χ4n) is 0.463.